The first-order chi connectivity index (χ1) is 12.4. The number of nitriles is 1. The van der Waals surface area contributed by atoms with Crippen molar-refractivity contribution in [2.45, 2.75) is 19.3 Å². The first kappa shape index (κ1) is 18.5. The molecule has 1 aliphatic heterocycles. The number of fused-ring (bicyclic) bond motifs is 1. The number of piperidine rings is 1. The molecule has 1 fully saturated rings. The predicted octanol–water partition coefficient (Wildman–Crippen LogP) is 3.40. The molecule has 2 aromatic rings. The van der Waals surface area contributed by atoms with E-state index in [0.29, 0.717) is 17.2 Å². The molecule has 3 rings (SSSR count). The highest BCUT2D eigenvalue weighted by Crippen LogP contribution is 2.34. The molecule has 1 aromatic heterocycles. The third kappa shape index (κ3) is 4.07. The molecule has 1 aromatic carbocycles. The highest BCUT2D eigenvalue weighted by molar-refractivity contribution is 7.91. The van der Waals surface area contributed by atoms with Gasteiger partial charge in [0.15, 0.2) is 0 Å². The number of methoxy groups -OCH3 is 1. The Labute approximate surface area is 154 Å². The van der Waals surface area contributed by atoms with Gasteiger partial charge >= 0.3 is 0 Å². The molecular weight excluding hydrogens is 348 g/mol. The van der Waals surface area contributed by atoms with E-state index in [1.165, 1.54) is 6.26 Å². The lowest BCUT2D eigenvalue weighted by molar-refractivity contribution is 0.396. The molecule has 1 atom stereocenters. The van der Waals surface area contributed by atoms with E-state index in [1.54, 1.807) is 13.3 Å². The molecule has 0 spiro atoms. The number of hydrogen-bond donors (Lipinski definition) is 1. The van der Waals surface area contributed by atoms with Crippen molar-refractivity contribution >= 4 is 26.3 Å². The number of ether oxygens (including phenoxy) is 1. The summed E-state index contributed by atoms with van der Waals surface area (Å²) in [5.74, 6) is 1.71. The average Bonchev–Trinajstić information content (AvgIpc) is 2.64. The number of nitrogens with one attached hydrogen (secondary N) is 1. The zero-order valence-electron chi connectivity index (χ0n) is 15.2. The lowest BCUT2D eigenvalue weighted by Crippen LogP contribution is -2.34. The molecule has 26 heavy (non-hydrogen) atoms. The second-order valence-corrected chi connectivity index (χ2v) is 9.36. The van der Waals surface area contributed by atoms with Crippen molar-refractivity contribution < 1.29 is 8.95 Å². The summed E-state index contributed by atoms with van der Waals surface area (Å²) in [6.45, 7) is 1.69. The molecule has 1 N–H and O–H groups in total. The van der Waals surface area contributed by atoms with Crippen LogP contribution >= 0.6 is 0 Å². The lowest BCUT2D eigenvalue weighted by Gasteiger charge is -2.34. The minimum atomic E-state index is -2.42. The Morgan fingerprint density at radius 2 is 2.15 bits per heavy atom. The van der Waals surface area contributed by atoms with Gasteiger partial charge in [-0.25, -0.2) is 0 Å². The monoisotopic (exact) mass is 372 g/mol. The van der Waals surface area contributed by atoms with Gasteiger partial charge in [-0.1, -0.05) is 0 Å². The van der Waals surface area contributed by atoms with Crippen LogP contribution in [0.1, 0.15) is 24.8 Å². The van der Waals surface area contributed by atoms with Crippen LogP contribution in [-0.2, 0) is 9.73 Å². The summed E-state index contributed by atoms with van der Waals surface area (Å²) in [4.78, 5) is 6.65. The number of pyridine rings is 1. The van der Waals surface area contributed by atoms with Gasteiger partial charge in [0, 0.05) is 46.4 Å². The molecule has 0 amide bonds. The minimum Gasteiger partial charge on any atom is -0.497 e. The van der Waals surface area contributed by atoms with Crippen molar-refractivity contribution in [1.29, 1.82) is 10.0 Å². The molecule has 138 valence electrons. The molecule has 7 heteroatoms. The average molecular weight is 372 g/mol. The number of nitrogens with zero attached hydrogens (tertiary/aromatic N) is 3. The molecule has 2 heterocycles. The summed E-state index contributed by atoms with van der Waals surface area (Å²) in [5, 5.41) is 10.5. The topological polar surface area (TPSA) is 90.1 Å². The van der Waals surface area contributed by atoms with Crippen LogP contribution in [0, 0.1) is 22.0 Å². The minimum absolute atomic E-state index is 0.469. The third-order valence-electron chi connectivity index (χ3n) is 5.01. The van der Waals surface area contributed by atoms with Crippen molar-refractivity contribution in [2.75, 3.05) is 37.1 Å². The van der Waals surface area contributed by atoms with Gasteiger partial charge in [0.25, 0.3) is 0 Å². The SMILES string of the molecule is COc1ccc2ncc(C#N)c(N3CCC(CCS(C)(=N)=O)CC3)c2c1. The Hall–Kier alpha value is -2.33. The maximum Gasteiger partial charge on any atom is 0.119 e. The van der Waals surface area contributed by atoms with Crippen molar-refractivity contribution in [3.63, 3.8) is 0 Å². The fourth-order valence-electron chi connectivity index (χ4n) is 3.54. The Morgan fingerprint density at radius 1 is 1.42 bits per heavy atom. The first-order valence-corrected chi connectivity index (χ1v) is 10.9. The van der Waals surface area contributed by atoms with Gasteiger partial charge in [-0.05, 0) is 43.4 Å². The van der Waals surface area contributed by atoms with Gasteiger partial charge in [0.2, 0.25) is 0 Å². The van der Waals surface area contributed by atoms with Crippen LogP contribution in [0.3, 0.4) is 0 Å². The van der Waals surface area contributed by atoms with Gasteiger partial charge in [-0.3, -0.25) is 14.0 Å². The molecule has 1 aliphatic rings. The molecule has 1 unspecified atom stereocenters. The Balaban J connectivity index is 1.85. The van der Waals surface area contributed by atoms with Gasteiger partial charge in [-0.15, -0.1) is 0 Å². The maximum atomic E-state index is 11.6. The molecule has 1 saturated heterocycles. The van der Waals surface area contributed by atoms with Crippen molar-refractivity contribution in [3.05, 3.63) is 30.0 Å². The van der Waals surface area contributed by atoms with Crippen LogP contribution in [0.2, 0.25) is 0 Å². The highest BCUT2D eigenvalue weighted by atomic mass is 32.2. The number of anilines is 1. The fraction of sp³-hybridized carbons (Fsp3) is 0.474. The van der Waals surface area contributed by atoms with Gasteiger partial charge < -0.3 is 9.64 Å². The molecule has 0 bridgehead atoms. The number of aromatic nitrogens is 1. The zero-order chi connectivity index (χ0) is 18.7. The molecule has 0 aliphatic carbocycles. The van der Waals surface area contributed by atoms with Gasteiger partial charge in [0.05, 0.1) is 23.9 Å². The second-order valence-electron chi connectivity index (χ2n) is 6.94. The van der Waals surface area contributed by atoms with E-state index in [-0.39, 0.29) is 0 Å². The van der Waals surface area contributed by atoms with Gasteiger partial charge in [-0.2, -0.15) is 5.26 Å². The van der Waals surface area contributed by atoms with Gasteiger partial charge in [0.1, 0.15) is 11.8 Å². The van der Waals surface area contributed by atoms with Crippen LogP contribution in [0.25, 0.3) is 10.9 Å². The Morgan fingerprint density at radius 3 is 2.77 bits per heavy atom. The van der Waals surface area contributed by atoms with Crippen molar-refractivity contribution in [3.8, 4) is 11.8 Å². The summed E-state index contributed by atoms with van der Waals surface area (Å²) in [6.07, 6.45) is 5.95. The quantitative estimate of drug-likeness (QED) is 0.869. The fourth-order valence-corrected chi connectivity index (χ4v) is 4.33. The molecule has 0 saturated carbocycles. The number of hydrogen-bond acceptors (Lipinski definition) is 6. The molecular formula is C19H24N4O2S. The normalized spacial score (nSPS) is 17.7. The first-order valence-electron chi connectivity index (χ1n) is 8.74. The van der Waals surface area contributed by atoms with Crippen LogP contribution in [-0.4, -0.2) is 41.4 Å². The maximum absolute atomic E-state index is 11.6. The van der Waals surface area contributed by atoms with E-state index in [2.05, 4.69) is 16.0 Å². The lowest BCUT2D eigenvalue weighted by atomic mass is 9.93. The summed E-state index contributed by atoms with van der Waals surface area (Å²) in [5.41, 5.74) is 2.35. The largest absolute Gasteiger partial charge is 0.497 e. The third-order valence-corrected chi connectivity index (χ3v) is 6.03. The molecule has 0 radical (unpaired) electrons. The molecule has 6 nitrogen and oxygen atoms in total. The van der Waals surface area contributed by atoms with E-state index in [9.17, 15) is 9.47 Å². The summed E-state index contributed by atoms with van der Waals surface area (Å²) < 4.78 is 24.5. The Kier molecular flexibility index (Phi) is 5.33. The van der Waals surface area contributed by atoms with Crippen molar-refractivity contribution in [2.24, 2.45) is 5.92 Å². The summed E-state index contributed by atoms with van der Waals surface area (Å²) in [7, 11) is -0.784. The van der Waals surface area contributed by atoms with E-state index in [1.807, 2.05) is 18.2 Å². The van der Waals surface area contributed by atoms with Crippen LogP contribution < -0.4 is 9.64 Å². The van der Waals surface area contributed by atoms with Crippen LogP contribution in [0.5, 0.6) is 5.75 Å². The highest BCUT2D eigenvalue weighted by Gasteiger charge is 2.23. The summed E-state index contributed by atoms with van der Waals surface area (Å²) in [6, 6.07) is 8.00. The smallest absolute Gasteiger partial charge is 0.119 e. The van der Waals surface area contributed by atoms with Crippen LogP contribution in [0.15, 0.2) is 24.4 Å². The van der Waals surface area contributed by atoms with Crippen LogP contribution in [0.4, 0.5) is 5.69 Å². The Bertz CT molecular complexity index is 942. The van der Waals surface area contributed by atoms with Crippen molar-refractivity contribution in [1.82, 2.24) is 4.98 Å². The van der Waals surface area contributed by atoms with E-state index >= 15 is 0 Å². The second kappa shape index (κ2) is 7.50. The number of benzene rings is 1. The van der Waals surface area contributed by atoms with E-state index in [4.69, 9.17) is 9.52 Å². The van der Waals surface area contributed by atoms with E-state index in [0.717, 1.165) is 54.7 Å². The zero-order valence-corrected chi connectivity index (χ0v) is 16.0. The summed E-state index contributed by atoms with van der Waals surface area (Å²) >= 11 is 0. The predicted molar refractivity (Wildman–Crippen MR) is 104 cm³/mol. The standard InChI is InChI=1S/C19H24N4O2S/c1-25-16-3-4-18-17(11-16)19(15(12-20)13-22-18)23-8-5-14(6-9-23)7-10-26(2,21)24/h3-4,11,13-14,21H,5-10H2,1-2H3. The van der Waals surface area contributed by atoms with E-state index < -0.39 is 9.73 Å². The number of rotatable bonds is 5.